The van der Waals surface area contributed by atoms with Crippen LogP contribution in [0.15, 0.2) is 0 Å². The molecule has 0 bridgehead atoms. The molecule has 1 aliphatic carbocycles. The smallest absolute Gasteiger partial charge is 0.00939 e. The van der Waals surface area contributed by atoms with Crippen LogP contribution in [-0.4, -0.2) is 37.1 Å². The lowest BCUT2D eigenvalue weighted by Crippen LogP contribution is -2.44. The largest absolute Gasteiger partial charge is 0.311 e. The minimum absolute atomic E-state index is 0.819. The van der Waals surface area contributed by atoms with Crippen molar-refractivity contribution in [3.63, 3.8) is 0 Å². The van der Waals surface area contributed by atoms with E-state index < -0.39 is 0 Å². The minimum Gasteiger partial charge on any atom is -0.311 e. The quantitative estimate of drug-likeness (QED) is 0.698. The Labute approximate surface area is 81.7 Å². The average Bonchev–Trinajstić information content (AvgIpc) is 2.62. The molecule has 1 saturated heterocycles. The van der Waals surface area contributed by atoms with Gasteiger partial charge in [-0.15, -0.1) is 0 Å². The third-order valence-electron chi connectivity index (χ3n) is 3.55. The summed E-state index contributed by atoms with van der Waals surface area (Å²) in [5.74, 6) is 0. The Morgan fingerprint density at radius 1 is 0.923 bits per heavy atom. The topological polar surface area (TPSA) is 15.3 Å². The van der Waals surface area contributed by atoms with E-state index in [1.54, 1.807) is 0 Å². The zero-order chi connectivity index (χ0) is 9.10. The van der Waals surface area contributed by atoms with Crippen molar-refractivity contribution in [2.24, 2.45) is 0 Å². The van der Waals surface area contributed by atoms with Gasteiger partial charge in [-0.25, -0.2) is 0 Å². The standard InChI is InChI=1S/C11H22N2/c1-13-8-6-11(7-9-13)12-10-4-2-3-5-10/h10-12H,2-9H2,1H3. The molecule has 0 aromatic heterocycles. The van der Waals surface area contributed by atoms with Gasteiger partial charge >= 0.3 is 0 Å². The van der Waals surface area contributed by atoms with Crippen LogP contribution in [0.2, 0.25) is 0 Å². The highest BCUT2D eigenvalue weighted by molar-refractivity contribution is 4.82. The highest BCUT2D eigenvalue weighted by atomic mass is 15.1. The second-order valence-corrected chi connectivity index (χ2v) is 4.73. The van der Waals surface area contributed by atoms with Gasteiger partial charge in [0.15, 0.2) is 0 Å². The van der Waals surface area contributed by atoms with Crippen LogP contribution in [0.3, 0.4) is 0 Å². The molecule has 2 heteroatoms. The highest BCUT2D eigenvalue weighted by Crippen LogP contribution is 2.20. The van der Waals surface area contributed by atoms with Crippen molar-refractivity contribution in [2.75, 3.05) is 20.1 Å². The number of hydrogen-bond donors (Lipinski definition) is 1. The normalized spacial score (nSPS) is 28.4. The van der Waals surface area contributed by atoms with E-state index in [0.29, 0.717) is 0 Å². The molecule has 1 aliphatic heterocycles. The molecule has 1 heterocycles. The Balaban J connectivity index is 1.69. The highest BCUT2D eigenvalue weighted by Gasteiger charge is 2.21. The van der Waals surface area contributed by atoms with E-state index in [2.05, 4.69) is 17.3 Å². The lowest BCUT2D eigenvalue weighted by atomic mass is 10.0. The summed E-state index contributed by atoms with van der Waals surface area (Å²) in [6, 6.07) is 1.67. The van der Waals surface area contributed by atoms with Crippen molar-refractivity contribution in [3.8, 4) is 0 Å². The van der Waals surface area contributed by atoms with Crippen molar-refractivity contribution in [1.82, 2.24) is 10.2 Å². The summed E-state index contributed by atoms with van der Waals surface area (Å²) in [5, 5.41) is 3.81. The van der Waals surface area contributed by atoms with Gasteiger partial charge in [-0.05, 0) is 45.8 Å². The molecule has 0 unspecified atom stereocenters. The Hall–Kier alpha value is -0.0800. The van der Waals surface area contributed by atoms with Gasteiger partial charge in [0.25, 0.3) is 0 Å². The fourth-order valence-corrected chi connectivity index (χ4v) is 2.60. The van der Waals surface area contributed by atoms with Crippen LogP contribution in [0.5, 0.6) is 0 Å². The van der Waals surface area contributed by atoms with Crippen LogP contribution in [-0.2, 0) is 0 Å². The molecular formula is C11H22N2. The molecular weight excluding hydrogens is 160 g/mol. The first-order chi connectivity index (χ1) is 6.34. The van der Waals surface area contributed by atoms with Crippen LogP contribution in [0.1, 0.15) is 38.5 Å². The number of hydrogen-bond acceptors (Lipinski definition) is 2. The molecule has 0 spiro atoms. The van der Waals surface area contributed by atoms with Crippen molar-refractivity contribution in [3.05, 3.63) is 0 Å². The van der Waals surface area contributed by atoms with Crippen LogP contribution >= 0.6 is 0 Å². The molecule has 1 saturated carbocycles. The maximum absolute atomic E-state index is 3.81. The Kier molecular flexibility index (Phi) is 3.23. The van der Waals surface area contributed by atoms with Gasteiger partial charge in [-0.3, -0.25) is 0 Å². The molecule has 13 heavy (non-hydrogen) atoms. The lowest BCUT2D eigenvalue weighted by molar-refractivity contribution is 0.224. The first kappa shape index (κ1) is 9.47. The van der Waals surface area contributed by atoms with Gasteiger partial charge < -0.3 is 10.2 Å². The summed E-state index contributed by atoms with van der Waals surface area (Å²) in [6.45, 7) is 2.56. The second kappa shape index (κ2) is 4.43. The fourth-order valence-electron chi connectivity index (χ4n) is 2.60. The zero-order valence-corrected chi connectivity index (χ0v) is 8.76. The molecule has 2 rings (SSSR count). The van der Waals surface area contributed by atoms with E-state index in [1.807, 2.05) is 0 Å². The first-order valence-electron chi connectivity index (χ1n) is 5.79. The molecule has 0 atom stereocenters. The van der Waals surface area contributed by atoms with Gasteiger partial charge in [0.05, 0.1) is 0 Å². The van der Waals surface area contributed by atoms with Crippen LogP contribution in [0, 0.1) is 0 Å². The predicted octanol–water partition coefficient (Wildman–Crippen LogP) is 1.61. The third-order valence-corrected chi connectivity index (χ3v) is 3.55. The maximum atomic E-state index is 3.81. The molecule has 0 aromatic carbocycles. The Morgan fingerprint density at radius 3 is 2.08 bits per heavy atom. The molecule has 76 valence electrons. The molecule has 0 amide bonds. The Morgan fingerprint density at radius 2 is 1.46 bits per heavy atom. The van der Waals surface area contributed by atoms with Crippen molar-refractivity contribution in [1.29, 1.82) is 0 Å². The number of nitrogens with one attached hydrogen (secondary N) is 1. The minimum atomic E-state index is 0.819. The van der Waals surface area contributed by atoms with Gasteiger partial charge in [0.1, 0.15) is 0 Å². The lowest BCUT2D eigenvalue weighted by Gasteiger charge is -2.31. The number of likely N-dealkylation sites (tertiary alicyclic amines) is 1. The molecule has 2 fully saturated rings. The molecule has 0 radical (unpaired) electrons. The van der Waals surface area contributed by atoms with Crippen molar-refractivity contribution < 1.29 is 0 Å². The SMILES string of the molecule is CN1CCC(NC2CCCC2)CC1. The van der Waals surface area contributed by atoms with Crippen LogP contribution < -0.4 is 5.32 Å². The second-order valence-electron chi connectivity index (χ2n) is 4.73. The third kappa shape index (κ3) is 2.68. The number of nitrogens with zero attached hydrogens (tertiary/aromatic N) is 1. The van der Waals surface area contributed by atoms with Crippen LogP contribution in [0.25, 0.3) is 0 Å². The van der Waals surface area contributed by atoms with Gasteiger partial charge in [-0.1, -0.05) is 12.8 Å². The fraction of sp³-hybridized carbons (Fsp3) is 1.00. The summed E-state index contributed by atoms with van der Waals surface area (Å²) < 4.78 is 0. The van der Waals surface area contributed by atoms with E-state index in [0.717, 1.165) is 12.1 Å². The summed E-state index contributed by atoms with van der Waals surface area (Å²) in [4.78, 5) is 2.44. The van der Waals surface area contributed by atoms with E-state index in [4.69, 9.17) is 0 Å². The van der Waals surface area contributed by atoms with Crippen molar-refractivity contribution in [2.45, 2.75) is 50.6 Å². The molecule has 2 aliphatic rings. The monoisotopic (exact) mass is 182 g/mol. The zero-order valence-electron chi connectivity index (χ0n) is 8.76. The van der Waals surface area contributed by atoms with Crippen molar-refractivity contribution >= 4 is 0 Å². The average molecular weight is 182 g/mol. The van der Waals surface area contributed by atoms with Crippen LogP contribution in [0.4, 0.5) is 0 Å². The number of piperidine rings is 1. The van der Waals surface area contributed by atoms with E-state index in [1.165, 1.54) is 51.6 Å². The first-order valence-corrected chi connectivity index (χ1v) is 5.79. The van der Waals surface area contributed by atoms with Gasteiger partial charge in [0.2, 0.25) is 0 Å². The molecule has 0 aromatic rings. The Bertz CT molecular complexity index is 144. The van der Waals surface area contributed by atoms with E-state index >= 15 is 0 Å². The summed E-state index contributed by atoms with van der Waals surface area (Å²) in [7, 11) is 2.23. The predicted molar refractivity (Wildman–Crippen MR) is 55.9 cm³/mol. The summed E-state index contributed by atoms with van der Waals surface area (Å²) in [6.07, 6.45) is 8.45. The van der Waals surface area contributed by atoms with E-state index in [9.17, 15) is 0 Å². The van der Waals surface area contributed by atoms with E-state index in [-0.39, 0.29) is 0 Å². The van der Waals surface area contributed by atoms with Gasteiger partial charge in [-0.2, -0.15) is 0 Å². The number of rotatable bonds is 2. The van der Waals surface area contributed by atoms with Gasteiger partial charge in [0, 0.05) is 12.1 Å². The maximum Gasteiger partial charge on any atom is 0.00939 e. The summed E-state index contributed by atoms with van der Waals surface area (Å²) >= 11 is 0. The molecule has 2 nitrogen and oxygen atoms in total. The molecule has 1 N–H and O–H groups in total. The summed E-state index contributed by atoms with van der Waals surface area (Å²) in [5.41, 5.74) is 0.